The van der Waals surface area contributed by atoms with Crippen LogP contribution in [0.3, 0.4) is 0 Å². The van der Waals surface area contributed by atoms with Crippen molar-refractivity contribution in [3.63, 3.8) is 0 Å². The molecule has 2 aromatic heterocycles. The van der Waals surface area contributed by atoms with Crippen LogP contribution < -0.4 is 0 Å². The Labute approximate surface area is 174 Å². The van der Waals surface area contributed by atoms with Crippen LogP contribution in [0.25, 0.3) is 6.08 Å². The van der Waals surface area contributed by atoms with Crippen LogP contribution in [0.4, 0.5) is 0 Å². The number of allylic oxidation sites excluding steroid dienone is 1. The first-order chi connectivity index (χ1) is 14.6. The van der Waals surface area contributed by atoms with Gasteiger partial charge in [-0.25, -0.2) is 0 Å². The molecule has 1 atom stereocenters. The number of morpholine rings is 1. The number of hydrogen-bond donors (Lipinski definition) is 1. The lowest BCUT2D eigenvalue weighted by atomic mass is 9.97. The van der Waals surface area contributed by atoms with Gasteiger partial charge in [-0.1, -0.05) is 6.07 Å². The maximum atomic E-state index is 13.0. The summed E-state index contributed by atoms with van der Waals surface area (Å²) in [5, 5.41) is 10.6. The van der Waals surface area contributed by atoms with E-state index in [9.17, 15) is 14.7 Å². The van der Waals surface area contributed by atoms with Crippen LogP contribution in [0.15, 0.2) is 64.7 Å². The molecule has 156 valence electrons. The number of ketones is 1. The van der Waals surface area contributed by atoms with E-state index in [2.05, 4.69) is 9.88 Å². The molecule has 0 radical (unpaired) electrons. The molecule has 1 amide bonds. The molecular formula is C22H23N3O5. The molecule has 0 bridgehead atoms. The van der Waals surface area contributed by atoms with Crippen LogP contribution in [0.5, 0.6) is 0 Å². The fourth-order valence-corrected chi connectivity index (χ4v) is 3.73. The molecule has 2 aliphatic heterocycles. The van der Waals surface area contributed by atoms with E-state index in [4.69, 9.17) is 9.15 Å². The quantitative estimate of drug-likeness (QED) is 0.699. The van der Waals surface area contributed by atoms with Gasteiger partial charge in [0.15, 0.2) is 11.5 Å². The highest BCUT2D eigenvalue weighted by atomic mass is 16.5. The van der Waals surface area contributed by atoms with Gasteiger partial charge in [-0.3, -0.25) is 19.5 Å². The first-order valence-corrected chi connectivity index (χ1v) is 9.85. The van der Waals surface area contributed by atoms with Gasteiger partial charge < -0.3 is 19.2 Å². The minimum Gasteiger partial charge on any atom is -0.503 e. The number of rotatable bonds is 7. The predicted molar refractivity (Wildman–Crippen MR) is 108 cm³/mol. The number of carbonyl (C=O) groups is 2. The van der Waals surface area contributed by atoms with Crippen LogP contribution in [0.1, 0.15) is 17.4 Å². The highest BCUT2D eigenvalue weighted by molar-refractivity contribution is 6.14. The van der Waals surface area contributed by atoms with Gasteiger partial charge in [0.05, 0.1) is 31.1 Å². The number of pyridine rings is 1. The van der Waals surface area contributed by atoms with E-state index in [-0.39, 0.29) is 5.57 Å². The van der Waals surface area contributed by atoms with Crippen LogP contribution in [0, 0.1) is 0 Å². The number of aromatic nitrogens is 1. The topological polar surface area (TPSA) is 96.1 Å². The van der Waals surface area contributed by atoms with Gasteiger partial charge in [0, 0.05) is 38.6 Å². The Morgan fingerprint density at radius 1 is 1.23 bits per heavy atom. The molecule has 8 nitrogen and oxygen atoms in total. The van der Waals surface area contributed by atoms with Crippen molar-refractivity contribution in [2.45, 2.75) is 6.04 Å². The van der Waals surface area contributed by atoms with Crippen LogP contribution >= 0.6 is 0 Å². The zero-order chi connectivity index (χ0) is 20.9. The van der Waals surface area contributed by atoms with E-state index in [1.165, 1.54) is 23.3 Å². The summed E-state index contributed by atoms with van der Waals surface area (Å²) in [6.45, 7) is 3.90. The van der Waals surface area contributed by atoms with Crippen molar-refractivity contribution < 1.29 is 23.8 Å². The number of ether oxygens (including phenoxy) is 1. The highest BCUT2D eigenvalue weighted by Crippen LogP contribution is 2.37. The third-order valence-corrected chi connectivity index (χ3v) is 5.27. The molecule has 0 aliphatic carbocycles. The lowest BCUT2D eigenvalue weighted by Gasteiger charge is -2.31. The van der Waals surface area contributed by atoms with Gasteiger partial charge >= 0.3 is 0 Å². The first kappa shape index (κ1) is 20.1. The van der Waals surface area contributed by atoms with E-state index in [1.807, 2.05) is 0 Å². The molecule has 2 aromatic rings. The summed E-state index contributed by atoms with van der Waals surface area (Å²) in [6, 6.07) is 6.28. The fraction of sp³-hybridized carbons (Fsp3) is 0.318. The molecule has 0 spiro atoms. The summed E-state index contributed by atoms with van der Waals surface area (Å²) >= 11 is 0. The van der Waals surface area contributed by atoms with Crippen molar-refractivity contribution in [2.75, 3.05) is 39.4 Å². The zero-order valence-electron chi connectivity index (χ0n) is 16.4. The molecular weight excluding hydrogens is 386 g/mol. The monoisotopic (exact) mass is 409 g/mol. The minimum atomic E-state index is -0.694. The third kappa shape index (κ3) is 4.19. The average Bonchev–Trinajstić information content (AvgIpc) is 3.39. The second-order valence-electron chi connectivity index (χ2n) is 7.12. The van der Waals surface area contributed by atoms with Gasteiger partial charge in [0.25, 0.3) is 5.91 Å². The maximum Gasteiger partial charge on any atom is 0.290 e. The molecule has 0 aromatic carbocycles. The zero-order valence-corrected chi connectivity index (χ0v) is 16.4. The number of carbonyl (C=O) groups excluding carboxylic acids is 2. The first-order valence-electron chi connectivity index (χ1n) is 9.85. The largest absolute Gasteiger partial charge is 0.503 e. The van der Waals surface area contributed by atoms with Crippen molar-refractivity contribution in [1.82, 2.24) is 14.8 Å². The summed E-state index contributed by atoms with van der Waals surface area (Å²) in [5.74, 6) is -0.998. The summed E-state index contributed by atoms with van der Waals surface area (Å²) in [5.41, 5.74) is 0.726. The number of nitrogens with zero attached hydrogens (tertiary/aromatic N) is 3. The summed E-state index contributed by atoms with van der Waals surface area (Å²) in [6.07, 6.45) is 7.57. The highest BCUT2D eigenvalue weighted by Gasteiger charge is 2.42. The van der Waals surface area contributed by atoms with E-state index in [0.717, 1.165) is 13.1 Å². The Morgan fingerprint density at radius 3 is 2.77 bits per heavy atom. The van der Waals surface area contributed by atoms with Gasteiger partial charge in [0.2, 0.25) is 0 Å². The Balaban J connectivity index is 1.59. The summed E-state index contributed by atoms with van der Waals surface area (Å²) < 4.78 is 10.6. The number of furan rings is 1. The standard InChI is InChI=1S/C22H23N3O5/c26-18(6-5-17-4-2-12-30-17)19-20(16-3-1-7-23-15-16)25(22(28)21(19)27)9-8-24-10-13-29-14-11-24/h1-7,12,15,20,27H,8-11,13-14H2. The lowest BCUT2D eigenvalue weighted by Crippen LogP contribution is -2.43. The fourth-order valence-electron chi connectivity index (χ4n) is 3.73. The van der Waals surface area contributed by atoms with Gasteiger partial charge in [-0.2, -0.15) is 0 Å². The Bertz CT molecular complexity index is 946. The normalized spacial score (nSPS) is 20.5. The van der Waals surface area contributed by atoms with Crippen molar-refractivity contribution >= 4 is 17.8 Å². The van der Waals surface area contributed by atoms with Gasteiger partial charge in [0.1, 0.15) is 5.76 Å². The predicted octanol–water partition coefficient (Wildman–Crippen LogP) is 1.98. The van der Waals surface area contributed by atoms with E-state index < -0.39 is 23.5 Å². The number of aliphatic hydroxyl groups excluding tert-OH is 1. The smallest absolute Gasteiger partial charge is 0.290 e. The van der Waals surface area contributed by atoms with Crippen LogP contribution in [-0.4, -0.2) is 71.0 Å². The summed E-state index contributed by atoms with van der Waals surface area (Å²) in [7, 11) is 0. The second kappa shape index (κ2) is 9.06. The van der Waals surface area contributed by atoms with E-state index in [1.54, 1.807) is 36.7 Å². The van der Waals surface area contributed by atoms with Crippen molar-refractivity contribution in [3.8, 4) is 0 Å². The third-order valence-electron chi connectivity index (χ3n) is 5.27. The molecule has 1 fully saturated rings. The van der Waals surface area contributed by atoms with E-state index in [0.29, 0.717) is 37.6 Å². The van der Waals surface area contributed by atoms with Crippen LogP contribution in [0.2, 0.25) is 0 Å². The molecule has 4 rings (SSSR count). The van der Waals surface area contributed by atoms with Gasteiger partial charge in [-0.15, -0.1) is 0 Å². The van der Waals surface area contributed by atoms with Crippen molar-refractivity contribution in [2.24, 2.45) is 0 Å². The molecule has 1 saturated heterocycles. The summed E-state index contributed by atoms with van der Waals surface area (Å²) in [4.78, 5) is 33.7. The Morgan fingerprint density at radius 2 is 2.07 bits per heavy atom. The minimum absolute atomic E-state index is 0.0535. The number of aliphatic hydroxyl groups is 1. The number of hydrogen-bond acceptors (Lipinski definition) is 7. The average molecular weight is 409 g/mol. The maximum absolute atomic E-state index is 13.0. The Hall–Kier alpha value is -3.23. The Kier molecular flexibility index (Phi) is 6.06. The molecule has 4 heterocycles. The lowest BCUT2D eigenvalue weighted by molar-refractivity contribution is -0.129. The SMILES string of the molecule is O=C(C=Cc1ccco1)C1=C(O)C(=O)N(CCN2CCOCC2)C1c1cccnc1. The molecule has 8 heteroatoms. The molecule has 1 unspecified atom stereocenters. The van der Waals surface area contributed by atoms with Crippen molar-refractivity contribution in [1.29, 1.82) is 0 Å². The van der Waals surface area contributed by atoms with Crippen molar-refractivity contribution in [3.05, 3.63) is 71.7 Å². The van der Waals surface area contributed by atoms with E-state index >= 15 is 0 Å². The molecule has 1 N–H and O–H groups in total. The number of amides is 1. The molecule has 0 saturated carbocycles. The molecule has 30 heavy (non-hydrogen) atoms. The van der Waals surface area contributed by atoms with Crippen LogP contribution in [-0.2, 0) is 14.3 Å². The molecule has 2 aliphatic rings. The second-order valence-corrected chi connectivity index (χ2v) is 7.12. The van der Waals surface area contributed by atoms with Gasteiger partial charge in [-0.05, 0) is 35.9 Å².